The average molecular weight is 274 g/mol. The van der Waals surface area contributed by atoms with Gasteiger partial charge in [-0.15, -0.1) is 0 Å². The highest BCUT2D eigenvalue weighted by Gasteiger charge is 2.43. The lowest BCUT2D eigenvalue weighted by Crippen LogP contribution is -2.30. The van der Waals surface area contributed by atoms with Crippen LogP contribution in [0, 0.1) is 5.41 Å². The molecule has 5 heteroatoms. The maximum absolute atomic E-state index is 11.5. The van der Waals surface area contributed by atoms with Gasteiger partial charge in [-0.25, -0.2) is 5.48 Å². The third-order valence-electron chi connectivity index (χ3n) is 4.58. The number of hydroxylamine groups is 1. The molecule has 1 saturated heterocycles. The quantitative estimate of drug-likeness (QED) is 0.596. The van der Waals surface area contributed by atoms with Crippen molar-refractivity contribution in [2.75, 3.05) is 13.1 Å². The maximum Gasteiger partial charge on any atom is 0.274 e. The Hall–Kier alpha value is -1.88. The number of carbonyl (C=O) groups excluding carboxylic acids is 2. The molecule has 1 aliphatic heterocycles. The Labute approximate surface area is 117 Å². The van der Waals surface area contributed by atoms with E-state index >= 15 is 0 Å². The first-order chi connectivity index (χ1) is 9.53. The van der Waals surface area contributed by atoms with Gasteiger partial charge in [-0.05, 0) is 47.9 Å². The number of nitrogens with zero attached hydrogens (tertiary/aromatic N) is 1. The summed E-state index contributed by atoms with van der Waals surface area (Å²) in [6, 6.07) is 5.55. The van der Waals surface area contributed by atoms with Crippen LogP contribution in [-0.4, -0.2) is 35.0 Å². The van der Waals surface area contributed by atoms with E-state index in [-0.39, 0.29) is 11.3 Å². The SMILES string of the molecule is CC(=O)N1CC[C@]2(Cc3ccc(C(=O)NO)cc3C2)C1. The number of fused-ring (bicyclic) bond motifs is 1. The van der Waals surface area contributed by atoms with Crippen molar-refractivity contribution in [1.82, 2.24) is 10.4 Å². The van der Waals surface area contributed by atoms with Gasteiger partial charge >= 0.3 is 0 Å². The number of rotatable bonds is 1. The van der Waals surface area contributed by atoms with Gasteiger partial charge in [0.1, 0.15) is 0 Å². The smallest absolute Gasteiger partial charge is 0.274 e. The molecule has 2 amide bonds. The van der Waals surface area contributed by atoms with E-state index in [0.717, 1.165) is 37.9 Å². The Morgan fingerprint density at radius 1 is 1.30 bits per heavy atom. The summed E-state index contributed by atoms with van der Waals surface area (Å²) in [7, 11) is 0. The molecule has 1 aromatic carbocycles. The summed E-state index contributed by atoms with van der Waals surface area (Å²) >= 11 is 0. The van der Waals surface area contributed by atoms with Crippen LogP contribution in [0.5, 0.6) is 0 Å². The lowest BCUT2D eigenvalue weighted by atomic mass is 9.84. The molecule has 1 fully saturated rings. The van der Waals surface area contributed by atoms with Crippen LogP contribution in [0.4, 0.5) is 0 Å². The number of amides is 2. The van der Waals surface area contributed by atoms with Crippen LogP contribution in [0.1, 0.15) is 34.8 Å². The molecule has 0 aromatic heterocycles. The van der Waals surface area contributed by atoms with E-state index in [2.05, 4.69) is 0 Å². The molecule has 106 valence electrons. The average Bonchev–Trinajstić information content (AvgIpc) is 3.00. The predicted octanol–water partition coefficient (Wildman–Crippen LogP) is 1.14. The van der Waals surface area contributed by atoms with Crippen LogP contribution in [0.2, 0.25) is 0 Å². The summed E-state index contributed by atoms with van der Waals surface area (Å²) in [5.41, 5.74) is 4.70. The third-order valence-corrected chi connectivity index (χ3v) is 4.58. The van der Waals surface area contributed by atoms with Crippen molar-refractivity contribution in [2.24, 2.45) is 5.41 Å². The van der Waals surface area contributed by atoms with Crippen LogP contribution in [0.25, 0.3) is 0 Å². The molecule has 1 atom stereocenters. The fraction of sp³-hybridized carbons (Fsp3) is 0.467. The van der Waals surface area contributed by atoms with Gasteiger partial charge in [0.2, 0.25) is 5.91 Å². The van der Waals surface area contributed by atoms with Gasteiger partial charge in [-0.1, -0.05) is 6.07 Å². The van der Waals surface area contributed by atoms with Crippen molar-refractivity contribution in [1.29, 1.82) is 0 Å². The molecule has 1 spiro atoms. The van der Waals surface area contributed by atoms with Crippen LogP contribution in [0.15, 0.2) is 18.2 Å². The Balaban J connectivity index is 1.82. The van der Waals surface area contributed by atoms with E-state index in [0.29, 0.717) is 5.56 Å². The number of likely N-dealkylation sites (tertiary alicyclic amines) is 1. The van der Waals surface area contributed by atoms with Gasteiger partial charge in [0, 0.05) is 25.6 Å². The molecule has 0 radical (unpaired) electrons. The monoisotopic (exact) mass is 274 g/mol. The second kappa shape index (κ2) is 4.59. The Morgan fingerprint density at radius 2 is 2.05 bits per heavy atom. The number of hydrogen-bond donors (Lipinski definition) is 2. The highest BCUT2D eigenvalue weighted by atomic mass is 16.5. The second-order valence-corrected chi connectivity index (χ2v) is 5.97. The van der Waals surface area contributed by atoms with Gasteiger partial charge in [-0.3, -0.25) is 14.8 Å². The minimum Gasteiger partial charge on any atom is -0.342 e. The summed E-state index contributed by atoms with van der Waals surface area (Å²) in [5.74, 6) is -0.344. The molecule has 0 unspecified atom stereocenters. The van der Waals surface area contributed by atoms with Gasteiger partial charge in [-0.2, -0.15) is 0 Å². The van der Waals surface area contributed by atoms with Crippen molar-refractivity contribution in [3.05, 3.63) is 34.9 Å². The van der Waals surface area contributed by atoms with Crippen LogP contribution in [0.3, 0.4) is 0 Å². The zero-order valence-electron chi connectivity index (χ0n) is 11.5. The summed E-state index contributed by atoms with van der Waals surface area (Å²) in [6.45, 7) is 3.25. The minimum absolute atomic E-state index is 0.137. The molecule has 3 rings (SSSR count). The molecule has 0 saturated carbocycles. The number of hydrogen-bond acceptors (Lipinski definition) is 3. The van der Waals surface area contributed by atoms with Gasteiger partial charge in [0.25, 0.3) is 5.91 Å². The first-order valence-corrected chi connectivity index (χ1v) is 6.85. The summed E-state index contributed by atoms with van der Waals surface area (Å²) in [4.78, 5) is 24.8. The van der Waals surface area contributed by atoms with E-state index in [4.69, 9.17) is 5.21 Å². The molecular formula is C15H18N2O3. The maximum atomic E-state index is 11.5. The third kappa shape index (κ3) is 2.08. The molecule has 2 aliphatic rings. The summed E-state index contributed by atoms with van der Waals surface area (Å²) in [5, 5.41) is 8.69. The Morgan fingerprint density at radius 3 is 2.70 bits per heavy atom. The molecule has 0 bridgehead atoms. The molecule has 1 aliphatic carbocycles. The van der Waals surface area contributed by atoms with Gasteiger partial charge in [0.15, 0.2) is 0 Å². The Bertz CT molecular complexity index is 584. The van der Waals surface area contributed by atoms with Gasteiger partial charge < -0.3 is 4.90 Å². The Kier molecular flexibility index (Phi) is 3.01. The first-order valence-electron chi connectivity index (χ1n) is 6.85. The highest BCUT2D eigenvalue weighted by molar-refractivity contribution is 5.93. The largest absolute Gasteiger partial charge is 0.342 e. The normalized spacial score (nSPS) is 24.0. The van der Waals surface area contributed by atoms with E-state index in [1.807, 2.05) is 17.0 Å². The summed E-state index contributed by atoms with van der Waals surface area (Å²) in [6.07, 6.45) is 2.88. The van der Waals surface area contributed by atoms with Crippen molar-refractivity contribution >= 4 is 11.8 Å². The van der Waals surface area contributed by atoms with Crippen molar-refractivity contribution in [3.8, 4) is 0 Å². The molecular weight excluding hydrogens is 256 g/mol. The van der Waals surface area contributed by atoms with E-state index in [1.165, 1.54) is 5.56 Å². The molecule has 1 heterocycles. The standard InChI is InChI=1S/C15H18N2O3/c1-10(18)17-5-4-15(9-17)7-12-3-2-11(14(19)16-20)6-13(12)8-15/h2-3,6,20H,4-5,7-9H2,1H3,(H,16,19)/t15-/m1/s1. The highest BCUT2D eigenvalue weighted by Crippen LogP contribution is 2.44. The lowest BCUT2D eigenvalue weighted by molar-refractivity contribution is -0.128. The number of benzene rings is 1. The molecule has 2 N–H and O–H groups in total. The van der Waals surface area contributed by atoms with Crippen molar-refractivity contribution in [3.63, 3.8) is 0 Å². The molecule has 5 nitrogen and oxygen atoms in total. The van der Waals surface area contributed by atoms with Crippen LogP contribution >= 0.6 is 0 Å². The number of nitrogens with one attached hydrogen (secondary N) is 1. The topological polar surface area (TPSA) is 69.6 Å². The van der Waals surface area contributed by atoms with E-state index < -0.39 is 5.91 Å². The zero-order valence-corrected chi connectivity index (χ0v) is 11.5. The first kappa shape index (κ1) is 13.1. The molecule has 1 aromatic rings. The van der Waals surface area contributed by atoms with Gasteiger partial charge in [0.05, 0.1) is 0 Å². The fourth-order valence-electron chi connectivity index (χ4n) is 3.53. The second-order valence-electron chi connectivity index (χ2n) is 5.97. The van der Waals surface area contributed by atoms with Crippen LogP contribution < -0.4 is 5.48 Å². The molecule has 20 heavy (non-hydrogen) atoms. The number of carbonyl (C=O) groups is 2. The zero-order chi connectivity index (χ0) is 14.3. The minimum atomic E-state index is -0.481. The predicted molar refractivity (Wildman–Crippen MR) is 72.4 cm³/mol. The lowest BCUT2D eigenvalue weighted by Gasteiger charge is -2.23. The van der Waals surface area contributed by atoms with E-state index in [1.54, 1.807) is 18.5 Å². The summed E-state index contributed by atoms with van der Waals surface area (Å²) < 4.78 is 0. The van der Waals surface area contributed by atoms with Crippen molar-refractivity contribution in [2.45, 2.75) is 26.2 Å². The van der Waals surface area contributed by atoms with E-state index in [9.17, 15) is 9.59 Å². The van der Waals surface area contributed by atoms with Crippen LogP contribution in [-0.2, 0) is 17.6 Å². The fourth-order valence-corrected chi connectivity index (χ4v) is 3.53. The van der Waals surface area contributed by atoms with Crippen molar-refractivity contribution < 1.29 is 14.8 Å².